The Labute approximate surface area is 97.5 Å². The molecule has 16 heavy (non-hydrogen) atoms. The third-order valence-electron chi connectivity index (χ3n) is 3.36. The normalized spacial score (nSPS) is 13.8. The van der Waals surface area contributed by atoms with Crippen molar-refractivity contribution >= 4 is 0 Å². The van der Waals surface area contributed by atoms with Crippen LogP contribution >= 0.6 is 0 Å². The highest BCUT2D eigenvalue weighted by atomic mass is 16.5. The summed E-state index contributed by atoms with van der Waals surface area (Å²) in [4.78, 5) is 4.05. The van der Waals surface area contributed by atoms with Crippen molar-refractivity contribution < 1.29 is 9.84 Å². The van der Waals surface area contributed by atoms with Crippen LogP contribution < -0.4 is 0 Å². The smallest absolute Gasteiger partial charge is 0.0934 e. The summed E-state index contributed by atoms with van der Waals surface area (Å²) in [5.41, 5.74) is 0.605. The molecule has 1 heterocycles. The van der Waals surface area contributed by atoms with Crippen LogP contribution in [0.3, 0.4) is 0 Å². The molecule has 1 N–H and O–H groups in total. The molecule has 1 aromatic heterocycles. The fourth-order valence-corrected chi connectivity index (χ4v) is 2.07. The zero-order valence-electron chi connectivity index (χ0n) is 10.3. The summed E-state index contributed by atoms with van der Waals surface area (Å²) in [6.07, 6.45) is 5.23. The van der Waals surface area contributed by atoms with Crippen LogP contribution in [0, 0.1) is 0 Å². The Hall–Kier alpha value is -0.930. The highest BCUT2D eigenvalue weighted by Crippen LogP contribution is 2.26. The van der Waals surface area contributed by atoms with Crippen LogP contribution in [0.1, 0.15) is 32.3 Å². The minimum absolute atomic E-state index is 0.435. The van der Waals surface area contributed by atoms with Gasteiger partial charge in [0.1, 0.15) is 0 Å². The lowest BCUT2D eigenvalue weighted by molar-refractivity contribution is -0.106. The molecule has 0 saturated heterocycles. The van der Waals surface area contributed by atoms with Gasteiger partial charge in [0.15, 0.2) is 0 Å². The van der Waals surface area contributed by atoms with Gasteiger partial charge in [-0.05, 0) is 24.5 Å². The van der Waals surface area contributed by atoms with Gasteiger partial charge in [-0.15, -0.1) is 0 Å². The zero-order valence-corrected chi connectivity index (χ0v) is 10.3. The van der Waals surface area contributed by atoms with Gasteiger partial charge in [-0.2, -0.15) is 0 Å². The van der Waals surface area contributed by atoms with Crippen LogP contribution in [0.5, 0.6) is 0 Å². The molecule has 1 unspecified atom stereocenters. The molecule has 0 saturated carbocycles. The number of methoxy groups -OCH3 is 1. The molecular weight excluding hydrogens is 202 g/mol. The van der Waals surface area contributed by atoms with E-state index in [0.29, 0.717) is 6.42 Å². The van der Waals surface area contributed by atoms with E-state index in [-0.39, 0.29) is 0 Å². The molecule has 3 heteroatoms. The second kappa shape index (κ2) is 5.97. The first-order chi connectivity index (χ1) is 7.68. The quantitative estimate of drug-likeness (QED) is 0.804. The van der Waals surface area contributed by atoms with Crippen LogP contribution in [-0.2, 0) is 11.2 Å². The summed E-state index contributed by atoms with van der Waals surface area (Å²) in [7, 11) is 1.67. The minimum Gasteiger partial charge on any atom is -0.390 e. The maximum Gasteiger partial charge on any atom is 0.0934 e. The molecule has 90 valence electrons. The van der Waals surface area contributed by atoms with Gasteiger partial charge in [-0.1, -0.05) is 19.9 Å². The lowest BCUT2D eigenvalue weighted by Crippen LogP contribution is -2.44. The Bertz CT molecular complexity index is 288. The van der Waals surface area contributed by atoms with E-state index < -0.39 is 11.7 Å². The first-order valence-corrected chi connectivity index (χ1v) is 5.80. The molecular formula is C13H21NO2. The number of aromatic nitrogens is 1. The molecule has 1 rings (SSSR count). The van der Waals surface area contributed by atoms with E-state index in [4.69, 9.17) is 4.74 Å². The number of ether oxygens (including phenoxy) is 1. The summed E-state index contributed by atoms with van der Waals surface area (Å²) in [6, 6.07) is 3.86. The number of pyridine rings is 1. The third-order valence-corrected chi connectivity index (χ3v) is 3.36. The molecule has 0 amide bonds. The van der Waals surface area contributed by atoms with Crippen LogP contribution in [0.2, 0.25) is 0 Å². The van der Waals surface area contributed by atoms with Gasteiger partial charge in [0.25, 0.3) is 0 Å². The van der Waals surface area contributed by atoms with Crippen molar-refractivity contribution in [3.8, 4) is 0 Å². The van der Waals surface area contributed by atoms with Crippen molar-refractivity contribution in [2.24, 2.45) is 0 Å². The fourth-order valence-electron chi connectivity index (χ4n) is 2.07. The van der Waals surface area contributed by atoms with E-state index in [2.05, 4.69) is 4.98 Å². The SMILES string of the molecule is CCC(CC)(OC)C(O)Cc1cccnc1. The van der Waals surface area contributed by atoms with E-state index in [0.717, 1.165) is 18.4 Å². The van der Waals surface area contributed by atoms with Crippen LogP contribution in [0.4, 0.5) is 0 Å². The van der Waals surface area contributed by atoms with Gasteiger partial charge in [-0.3, -0.25) is 4.98 Å². The van der Waals surface area contributed by atoms with Crippen molar-refractivity contribution in [1.29, 1.82) is 0 Å². The highest BCUT2D eigenvalue weighted by Gasteiger charge is 2.34. The average Bonchev–Trinajstić information content (AvgIpc) is 2.33. The monoisotopic (exact) mass is 223 g/mol. The Morgan fingerprint density at radius 3 is 2.56 bits per heavy atom. The molecule has 0 fully saturated rings. The standard InChI is InChI=1S/C13H21NO2/c1-4-13(5-2,16-3)12(15)9-11-7-6-8-14-10-11/h6-8,10,12,15H,4-5,9H2,1-3H3. The molecule has 0 aromatic carbocycles. The number of hydrogen-bond acceptors (Lipinski definition) is 3. The largest absolute Gasteiger partial charge is 0.390 e. The van der Waals surface area contributed by atoms with Crippen molar-refractivity contribution in [3.05, 3.63) is 30.1 Å². The van der Waals surface area contributed by atoms with Crippen molar-refractivity contribution in [2.75, 3.05) is 7.11 Å². The zero-order chi connectivity index (χ0) is 12.0. The highest BCUT2D eigenvalue weighted by molar-refractivity contribution is 5.11. The van der Waals surface area contributed by atoms with E-state index in [1.54, 1.807) is 19.5 Å². The molecule has 0 aliphatic carbocycles. The summed E-state index contributed by atoms with van der Waals surface area (Å²) in [6.45, 7) is 4.08. The molecule has 0 aliphatic heterocycles. The summed E-state index contributed by atoms with van der Waals surface area (Å²) >= 11 is 0. The molecule has 0 bridgehead atoms. The average molecular weight is 223 g/mol. The number of aliphatic hydroxyl groups excluding tert-OH is 1. The predicted octanol–water partition coefficient (Wildman–Crippen LogP) is 2.19. The van der Waals surface area contributed by atoms with Gasteiger partial charge in [-0.25, -0.2) is 0 Å². The Balaban J connectivity index is 2.73. The Morgan fingerprint density at radius 2 is 2.12 bits per heavy atom. The number of rotatable bonds is 6. The second-order valence-electron chi connectivity index (χ2n) is 4.06. The lowest BCUT2D eigenvalue weighted by atomic mass is 9.87. The maximum atomic E-state index is 10.3. The Kier molecular flexibility index (Phi) is 4.90. The molecule has 0 radical (unpaired) electrons. The first kappa shape index (κ1) is 13.1. The van der Waals surface area contributed by atoms with Gasteiger partial charge in [0.05, 0.1) is 11.7 Å². The third kappa shape index (κ3) is 2.80. The summed E-state index contributed by atoms with van der Waals surface area (Å²) in [5, 5.41) is 10.3. The van der Waals surface area contributed by atoms with Crippen LogP contribution in [-0.4, -0.2) is 28.9 Å². The predicted molar refractivity (Wildman–Crippen MR) is 64.3 cm³/mol. The minimum atomic E-state index is -0.489. The Morgan fingerprint density at radius 1 is 1.44 bits per heavy atom. The number of aliphatic hydroxyl groups is 1. The topological polar surface area (TPSA) is 42.4 Å². The summed E-state index contributed by atoms with van der Waals surface area (Å²) < 4.78 is 5.50. The van der Waals surface area contributed by atoms with Gasteiger partial charge < -0.3 is 9.84 Å². The first-order valence-electron chi connectivity index (χ1n) is 5.80. The van der Waals surface area contributed by atoms with Crippen LogP contribution in [0.15, 0.2) is 24.5 Å². The molecule has 3 nitrogen and oxygen atoms in total. The summed E-state index contributed by atoms with van der Waals surface area (Å²) in [5.74, 6) is 0. The van der Waals surface area contributed by atoms with E-state index in [1.807, 2.05) is 26.0 Å². The second-order valence-corrected chi connectivity index (χ2v) is 4.06. The fraction of sp³-hybridized carbons (Fsp3) is 0.615. The van der Waals surface area contributed by atoms with Gasteiger partial charge in [0.2, 0.25) is 0 Å². The van der Waals surface area contributed by atoms with E-state index in [9.17, 15) is 5.11 Å². The van der Waals surface area contributed by atoms with Crippen LogP contribution in [0.25, 0.3) is 0 Å². The molecule has 1 aromatic rings. The number of nitrogens with zero attached hydrogens (tertiary/aromatic N) is 1. The maximum absolute atomic E-state index is 10.3. The van der Waals surface area contributed by atoms with E-state index in [1.165, 1.54) is 0 Å². The van der Waals surface area contributed by atoms with Crippen molar-refractivity contribution in [2.45, 2.75) is 44.8 Å². The van der Waals surface area contributed by atoms with Crippen molar-refractivity contribution in [1.82, 2.24) is 4.98 Å². The lowest BCUT2D eigenvalue weighted by Gasteiger charge is -2.35. The van der Waals surface area contributed by atoms with Gasteiger partial charge in [0, 0.05) is 25.9 Å². The molecule has 0 spiro atoms. The number of hydrogen-bond donors (Lipinski definition) is 1. The van der Waals surface area contributed by atoms with E-state index >= 15 is 0 Å². The molecule has 1 atom stereocenters. The van der Waals surface area contributed by atoms with Crippen molar-refractivity contribution in [3.63, 3.8) is 0 Å². The van der Waals surface area contributed by atoms with Gasteiger partial charge >= 0.3 is 0 Å². The molecule has 0 aliphatic rings.